The Morgan fingerprint density at radius 1 is 1.44 bits per heavy atom. The lowest BCUT2D eigenvalue weighted by atomic mass is 10.0. The van der Waals surface area contributed by atoms with E-state index in [0.717, 1.165) is 17.8 Å². The second-order valence-electron chi connectivity index (χ2n) is 8.07. The molecule has 174 valence electrons. The van der Waals surface area contributed by atoms with E-state index in [1.165, 1.54) is 18.1 Å². The minimum atomic E-state index is -2.77. The van der Waals surface area contributed by atoms with Crippen LogP contribution in [-0.4, -0.2) is 59.3 Å². The van der Waals surface area contributed by atoms with E-state index >= 15 is 0 Å². The lowest BCUT2D eigenvalue weighted by molar-refractivity contribution is 0.143. The number of hydrogen-bond acceptors (Lipinski definition) is 7. The molecule has 2 N–H and O–H groups in total. The molecule has 3 aliphatic rings. The molecule has 2 heterocycles. The summed E-state index contributed by atoms with van der Waals surface area (Å²) < 4.78 is 40.9. The summed E-state index contributed by atoms with van der Waals surface area (Å²) in [5.41, 5.74) is 0.803. The van der Waals surface area contributed by atoms with E-state index in [4.69, 9.17) is 17.0 Å². The first-order chi connectivity index (χ1) is 15.3. The summed E-state index contributed by atoms with van der Waals surface area (Å²) in [5, 5.41) is 6.15. The van der Waals surface area contributed by atoms with Crippen molar-refractivity contribution in [3.8, 4) is 0 Å². The van der Waals surface area contributed by atoms with Crippen LogP contribution in [0, 0.1) is 11.7 Å². The van der Waals surface area contributed by atoms with E-state index in [-0.39, 0.29) is 23.8 Å². The maximum atomic E-state index is 14.9. The van der Waals surface area contributed by atoms with Crippen LogP contribution in [0.25, 0.3) is 0 Å². The van der Waals surface area contributed by atoms with E-state index < -0.39 is 27.7 Å². The molecule has 2 saturated heterocycles. The molecule has 0 aromatic heterocycles. The number of benzene rings is 1. The Bertz CT molecular complexity index is 1040. The fourth-order valence-electron chi connectivity index (χ4n) is 3.73. The quantitative estimate of drug-likeness (QED) is 0.614. The number of cyclic esters (lactones) is 1. The van der Waals surface area contributed by atoms with Crippen LogP contribution >= 0.6 is 12.2 Å². The van der Waals surface area contributed by atoms with Gasteiger partial charge in [0.2, 0.25) is 0 Å². The van der Waals surface area contributed by atoms with E-state index in [0.29, 0.717) is 36.7 Å². The molecule has 3 atom stereocenters. The van der Waals surface area contributed by atoms with Crippen LogP contribution in [0.3, 0.4) is 0 Å². The van der Waals surface area contributed by atoms with Gasteiger partial charge in [-0.15, -0.1) is 4.36 Å². The summed E-state index contributed by atoms with van der Waals surface area (Å²) in [5.74, 6) is 0.0685. The molecule has 32 heavy (non-hydrogen) atoms. The maximum Gasteiger partial charge on any atom is 0.441 e. The molecule has 1 aliphatic carbocycles. The molecule has 4 rings (SSSR count). The Labute approximate surface area is 191 Å². The van der Waals surface area contributed by atoms with Gasteiger partial charge in [0.1, 0.15) is 11.9 Å². The first-order valence-corrected chi connectivity index (χ1v) is 12.6. The van der Waals surface area contributed by atoms with E-state index in [9.17, 15) is 18.2 Å². The number of carbonyl (C=O) groups is 2. The van der Waals surface area contributed by atoms with Gasteiger partial charge >= 0.3 is 12.2 Å². The first kappa shape index (κ1) is 22.9. The second-order valence-corrected chi connectivity index (χ2v) is 10.9. The van der Waals surface area contributed by atoms with Crippen LogP contribution in [0.2, 0.25) is 0 Å². The predicted octanol–water partition coefficient (Wildman–Crippen LogP) is 2.70. The average Bonchev–Trinajstić information content (AvgIpc) is 3.55. The highest BCUT2D eigenvalue weighted by molar-refractivity contribution is 7.93. The highest BCUT2D eigenvalue weighted by atomic mass is 32.2. The van der Waals surface area contributed by atoms with Gasteiger partial charge in [0.25, 0.3) is 0 Å². The van der Waals surface area contributed by atoms with Crippen LogP contribution in [0.1, 0.15) is 30.9 Å². The number of anilines is 1. The third kappa shape index (κ3) is 5.18. The molecule has 2 amide bonds. The van der Waals surface area contributed by atoms with E-state index in [1.807, 2.05) is 0 Å². The molecule has 3 fully saturated rings. The first-order valence-electron chi connectivity index (χ1n) is 10.4. The van der Waals surface area contributed by atoms with Crippen molar-refractivity contribution in [2.75, 3.05) is 36.7 Å². The summed E-state index contributed by atoms with van der Waals surface area (Å²) in [7, 11) is -1.60. The van der Waals surface area contributed by atoms with Crippen molar-refractivity contribution in [2.24, 2.45) is 10.3 Å². The zero-order valence-electron chi connectivity index (χ0n) is 17.5. The molecule has 0 spiro atoms. The number of thiocarbonyl (C=S) groups is 1. The summed E-state index contributed by atoms with van der Waals surface area (Å²) in [6.07, 6.45) is 0.763. The number of rotatable bonds is 5. The Balaban J connectivity index is 1.38. The van der Waals surface area contributed by atoms with Gasteiger partial charge < -0.3 is 14.8 Å². The summed E-state index contributed by atoms with van der Waals surface area (Å²) in [6, 6.07) is 4.19. The molecule has 1 aromatic carbocycles. The molecular formula is C20H25FN4O5S2. The molecule has 1 saturated carbocycles. The number of ether oxygens (including phenoxy) is 2. The van der Waals surface area contributed by atoms with Gasteiger partial charge in [0, 0.05) is 23.3 Å². The molecule has 2 aliphatic heterocycles. The maximum absolute atomic E-state index is 14.9. The van der Waals surface area contributed by atoms with Gasteiger partial charge in [0.15, 0.2) is 0 Å². The highest BCUT2D eigenvalue weighted by Crippen LogP contribution is 2.31. The summed E-state index contributed by atoms with van der Waals surface area (Å²) in [6.45, 7) is 0.733. The Kier molecular flexibility index (Phi) is 6.63. The van der Waals surface area contributed by atoms with Crippen LogP contribution < -0.4 is 15.5 Å². The number of amides is 2. The van der Waals surface area contributed by atoms with Crippen LogP contribution in [-0.2, 0) is 19.2 Å². The molecule has 12 heteroatoms. The number of carbonyl (C=O) groups excluding carboxylic acids is 2. The summed E-state index contributed by atoms with van der Waals surface area (Å²) in [4.78, 5) is 25.8. The van der Waals surface area contributed by atoms with Gasteiger partial charge in [-0.05, 0) is 31.4 Å². The average molecular weight is 485 g/mol. The minimum absolute atomic E-state index is 0.0379. The largest absolute Gasteiger partial charge is 0.451 e. The van der Waals surface area contributed by atoms with Crippen LogP contribution in [0.4, 0.5) is 19.7 Å². The number of halogens is 1. The third-order valence-electron chi connectivity index (χ3n) is 5.69. The zero-order chi connectivity index (χ0) is 22.9. The fourth-order valence-corrected chi connectivity index (χ4v) is 5.76. The Morgan fingerprint density at radius 2 is 2.22 bits per heavy atom. The Hall–Kier alpha value is -2.31. The number of nitrogens with zero attached hydrogens (tertiary/aromatic N) is 2. The molecule has 2 unspecified atom stereocenters. The van der Waals surface area contributed by atoms with Crippen molar-refractivity contribution < 1.29 is 27.7 Å². The smallest absolute Gasteiger partial charge is 0.441 e. The minimum Gasteiger partial charge on any atom is -0.451 e. The molecule has 0 radical (unpaired) electrons. The van der Waals surface area contributed by atoms with E-state index in [2.05, 4.69) is 19.7 Å². The van der Waals surface area contributed by atoms with Gasteiger partial charge in [-0.3, -0.25) is 10.2 Å². The summed E-state index contributed by atoms with van der Waals surface area (Å²) >= 11 is 5.29. The monoisotopic (exact) mass is 484 g/mol. The van der Waals surface area contributed by atoms with Gasteiger partial charge in [0.05, 0.1) is 46.5 Å². The lowest BCUT2D eigenvalue weighted by Gasteiger charge is -2.27. The highest BCUT2D eigenvalue weighted by Gasteiger charge is 2.34. The Morgan fingerprint density at radius 3 is 2.84 bits per heavy atom. The normalized spacial score (nSPS) is 27.6. The van der Waals surface area contributed by atoms with Gasteiger partial charge in [-0.2, -0.15) is 0 Å². The standard InChI is InChI=1S/C20H25FN4O5S2/c1-29-19(26)24-32(28)7-6-17(23-11-32)15-5-4-13(8-16(15)21)25-10-14(30-20(25)27)9-22-18(31)12-2-3-12/h4-5,8,12,14,17,23H,2-3,6-7,9-11H2,1H3,(H,22,31)/t14-,17?,32?/m0/s1. The van der Waals surface area contributed by atoms with Crippen molar-refractivity contribution in [1.29, 1.82) is 0 Å². The second kappa shape index (κ2) is 9.28. The number of nitrogens with one attached hydrogen (secondary N) is 2. The predicted molar refractivity (Wildman–Crippen MR) is 121 cm³/mol. The molecule has 0 bridgehead atoms. The lowest BCUT2D eigenvalue weighted by Crippen LogP contribution is -2.37. The van der Waals surface area contributed by atoms with Crippen LogP contribution in [0.5, 0.6) is 0 Å². The van der Waals surface area contributed by atoms with Crippen LogP contribution in [0.15, 0.2) is 22.6 Å². The zero-order valence-corrected chi connectivity index (χ0v) is 19.2. The van der Waals surface area contributed by atoms with Crippen molar-refractivity contribution in [2.45, 2.75) is 31.4 Å². The topological polar surface area (TPSA) is 109 Å². The fraction of sp³-hybridized carbons (Fsp3) is 0.550. The van der Waals surface area contributed by atoms with Crippen molar-refractivity contribution >= 4 is 44.8 Å². The van der Waals surface area contributed by atoms with Crippen molar-refractivity contribution in [3.63, 3.8) is 0 Å². The SMILES string of the molecule is COC(=O)N=S1(=O)CCC(c2ccc(N3C[C@H](CNC(=S)C4CC4)OC3=O)cc2F)NC1. The molecule has 1 aromatic rings. The van der Waals surface area contributed by atoms with Crippen molar-refractivity contribution in [3.05, 3.63) is 29.6 Å². The molecule has 9 nitrogen and oxygen atoms in total. The number of methoxy groups -OCH3 is 1. The van der Waals surface area contributed by atoms with Gasteiger partial charge in [-0.25, -0.2) is 18.2 Å². The van der Waals surface area contributed by atoms with Gasteiger partial charge in [-0.1, -0.05) is 18.3 Å². The number of hydrogen-bond donors (Lipinski definition) is 2. The van der Waals surface area contributed by atoms with E-state index in [1.54, 1.807) is 12.1 Å². The molecular weight excluding hydrogens is 459 g/mol. The van der Waals surface area contributed by atoms with Crippen molar-refractivity contribution in [1.82, 2.24) is 10.6 Å². The third-order valence-corrected chi connectivity index (χ3v) is 8.14.